The van der Waals surface area contributed by atoms with Gasteiger partial charge in [-0.25, -0.2) is 0 Å². The number of carbonyl (C=O) groups excluding carboxylic acids is 1. The predicted molar refractivity (Wildman–Crippen MR) is 78.5 cm³/mol. The highest BCUT2D eigenvalue weighted by Crippen LogP contribution is 2.21. The number of rotatable bonds is 4. The third kappa shape index (κ3) is 2.70. The first-order valence-corrected chi connectivity index (χ1v) is 7.11. The van der Waals surface area contributed by atoms with E-state index in [1.165, 1.54) is 11.8 Å². The van der Waals surface area contributed by atoms with Crippen molar-refractivity contribution in [3.05, 3.63) is 36.5 Å². The highest BCUT2D eigenvalue weighted by atomic mass is 32.2. The fraction of sp³-hybridized carbons (Fsp3) is 0.143. The summed E-state index contributed by atoms with van der Waals surface area (Å²) < 4.78 is 0. The molecule has 100 valence electrons. The van der Waals surface area contributed by atoms with Crippen molar-refractivity contribution in [1.29, 1.82) is 0 Å². The molecule has 0 atom stereocenters. The molecule has 0 radical (unpaired) electrons. The van der Waals surface area contributed by atoms with E-state index in [1.54, 1.807) is 13.1 Å². The molecule has 0 bridgehead atoms. The molecule has 0 unspecified atom stereocenters. The third-order valence-corrected chi connectivity index (χ3v) is 3.75. The van der Waals surface area contributed by atoms with E-state index < -0.39 is 0 Å². The number of carbonyl (C=O) groups is 1. The van der Waals surface area contributed by atoms with Crippen LogP contribution in [-0.4, -0.2) is 31.7 Å². The maximum Gasteiger partial charge on any atom is 0.189 e. The van der Waals surface area contributed by atoms with Crippen LogP contribution in [-0.2, 0) is 4.79 Å². The predicted octanol–water partition coefficient (Wildman–Crippen LogP) is 2.70. The number of ketones is 1. The molecule has 5 nitrogen and oxygen atoms in total. The normalized spacial score (nSPS) is 10.8. The van der Waals surface area contributed by atoms with Crippen molar-refractivity contribution in [2.24, 2.45) is 0 Å². The fourth-order valence-electron chi connectivity index (χ4n) is 1.81. The SMILES string of the molecule is CC(=O)CSc1nnc(-c2cnc3ccccc3c2)[nH]1. The van der Waals surface area contributed by atoms with Crippen molar-refractivity contribution < 1.29 is 4.79 Å². The van der Waals surface area contributed by atoms with E-state index in [2.05, 4.69) is 20.2 Å². The third-order valence-electron chi connectivity index (χ3n) is 2.74. The Kier molecular flexibility index (Phi) is 3.47. The number of aromatic nitrogens is 4. The molecule has 2 heterocycles. The highest BCUT2D eigenvalue weighted by Gasteiger charge is 2.08. The van der Waals surface area contributed by atoms with Gasteiger partial charge in [-0.3, -0.25) is 9.78 Å². The van der Waals surface area contributed by atoms with Gasteiger partial charge in [0.25, 0.3) is 0 Å². The number of fused-ring (bicyclic) bond motifs is 1. The molecule has 0 aliphatic heterocycles. The van der Waals surface area contributed by atoms with Crippen LogP contribution < -0.4 is 0 Å². The maximum atomic E-state index is 10.9. The Morgan fingerprint density at radius 1 is 1.30 bits per heavy atom. The summed E-state index contributed by atoms with van der Waals surface area (Å²) in [5, 5.41) is 9.81. The van der Waals surface area contributed by atoms with Gasteiger partial charge in [0.15, 0.2) is 11.0 Å². The second-order valence-corrected chi connectivity index (χ2v) is 5.35. The zero-order chi connectivity index (χ0) is 13.9. The van der Waals surface area contributed by atoms with Gasteiger partial charge in [-0.15, -0.1) is 10.2 Å². The number of pyridine rings is 1. The van der Waals surface area contributed by atoms with Crippen LogP contribution in [0.1, 0.15) is 6.92 Å². The number of Topliss-reactive ketones (excluding diaryl/α,β-unsaturated/α-hetero) is 1. The minimum atomic E-state index is 0.111. The fourth-order valence-corrected chi connectivity index (χ4v) is 2.42. The van der Waals surface area contributed by atoms with Gasteiger partial charge in [-0.05, 0) is 19.1 Å². The van der Waals surface area contributed by atoms with Gasteiger partial charge in [-0.2, -0.15) is 0 Å². The van der Waals surface area contributed by atoms with Crippen LogP contribution in [0.5, 0.6) is 0 Å². The monoisotopic (exact) mass is 284 g/mol. The van der Waals surface area contributed by atoms with Crippen LogP contribution >= 0.6 is 11.8 Å². The minimum absolute atomic E-state index is 0.111. The molecule has 0 saturated heterocycles. The van der Waals surface area contributed by atoms with Crippen LogP contribution in [0.4, 0.5) is 0 Å². The molecule has 0 spiro atoms. The van der Waals surface area contributed by atoms with Crippen molar-refractivity contribution in [2.45, 2.75) is 12.1 Å². The van der Waals surface area contributed by atoms with Gasteiger partial charge in [0, 0.05) is 17.1 Å². The Bertz CT molecular complexity index is 768. The zero-order valence-electron chi connectivity index (χ0n) is 10.8. The number of H-pyrrole nitrogens is 1. The number of benzene rings is 1. The first-order valence-electron chi connectivity index (χ1n) is 6.12. The molecular formula is C14H12N4OS. The number of nitrogens with zero attached hydrogens (tertiary/aromatic N) is 3. The van der Waals surface area contributed by atoms with E-state index in [4.69, 9.17) is 0 Å². The molecule has 1 aromatic carbocycles. The average molecular weight is 284 g/mol. The van der Waals surface area contributed by atoms with Gasteiger partial charge >= 0.3 is 0 Å². The van der Waals surface area contributed by atoms with Crippen molar-refractivity contribution in [2.75, 3.05) is 5.75 Å². The lowest BCUT2D eigenvalue weighted by Gasteiger charge is -1.99. The summed E-state index contributed by atoms with van der Waals surface area (Å²) in [6.07, 6.45) is 1.77. The highest BCUT2D eigenvalue weighted by molar-refractivity contribution is 7.99. The number of nitrogens with one attached hydrogen (secondary N) is 1. The first-order chi connectivity index (χ1) is 9.72. The number of hydrogen-bond acceptors (Lipinski definition) is 5. The lowest BCUT2D eigenvalue weighted by atomic mass is 10.1. The Morgan fingerprint density at radius 2 is 2.15 bits per heavy atom. The van der Waals surface area contributed by atoms with E-state index >= 15 is 0 Å². The van der Waals surface area contributed by atoms with E-state index in [0.29, 0.717) is 16.7 Å². The molecular weight excluding hydrogens is 272 g/mol. The molecule has 20 heavy (non-hydrogen) atoms. The maximum absolute atomic E-state index is 10.9. The summed E-state index contributed by atoms with van der Waals surface area (Å²) in [5.74, 6) is 1.17. The molecule has 0 aliphatic carbocycles. The van der Waals surface area contributed by atoms with Crippen molar-refractivity contribution in [1.82, 2.24) is 20.2 Å². The topological polar surface area (TPSA) is 71.5 Å². The van der Waals surface area contributed by atoms with E-state index in [-0.39, 0.29) is 5.78 Å². The van der Waals surface area contributed by atoms with Crippen LogP contribution in [0.3, 0.4) is 0 Å². The quantitative estimate of drug-likeness (QED) is 0.746. The lowest BCUT2D eigenvalue weighted by molar-refractivity contribution is -0.114. The van der Waals surface area contributed by atoms with Crippen LogP contribution in [0, 0.1) is 0 Å². The summed E-state index contributed by atoms with van der Waals surface area (Å²) in [7, 11) is 0. The molecule has 6 heteroatoms. The van der Waals surface area contributed by atoms with E-state index in [9.17, 15) is 4.79 Å². The van der Waals surface area contributed by atoms with Crippen molar-refractivity contribution in [3.63, 3.8) is 0 Å². The average Bonchev–Trinajstić information content (AvgIpc) is 2.93. The number of para-hydroxylation sites is 1. The summed E-state index contributed by atoms with van der Waals surface area (Å²) in [6, 6.07) is 9.92. The van der Waals surface area contributed by atoms with Crippen LogP contribution in [0.25, 0.3) is 22.3 Å². The van der Waals surface area contributed by atoms with Gasteiger partial charge < -0.3 is 4.98 Å². The van der Waals surface area contributed by atoms with Crippen molar-refractivity contribution >= 4 is 28.4 Å². The van der Waals surface area contributed by atoms with Crippen molar-refractivity contribution in [3.8, 4) is 11.4 Å². The van der Waals surface area contributed by atoms with Crippen LogP contribution in [0.2, 0.25) is 0 Å². The minimum Gasteiger partial charge on any atom is -0.316 e. The Morgan fingerprint density at radius 3 is 3.00 bits per heavy atom. The molecule has 0 saturated carbocycles. The number of aromatic amines is 1. The summed E-state index contributed by atoms with van der Waals surface area (Å²) in [6.45, 7) is 1.55. The first kappa shape index (κ1) is 12.8. The van der Waals surface area contributed by atoms with E-state index in [1.807, 2.05) is 30.3 Å². The zero-order valence-corrected chi connectivity index (χ0v) is 11.6. The number of thioether (sulfide) groups is 1. The Hall–Kier alpha value is -2.21. The molecule has 0 fully saturated rings. The molecule has 3 rings (SSSR count). The van der Waals surface area contributed by atoms with Gasteiger partial charge in [0.05, 0.1) is 11.3 Å². The number of hydrogen-bond donors (Lipinski definition) is 1. The standard InChI is InChI=1S/C14H12N4OS/c1-9(19)8-20-14-16-13(17-18-14)11-6-10-4-2-3-5-12(10)15-7-11/h2-7H,8H2,1H3,(H,16,17,18). The van der Waals surface area contributed by atoms with Crippen LogP contribution in [0.15, 0.2) is 41.7 Å². The second kappa shape index (κ2) is 5.42. The second-order valence-electron chi connectivity index (χ2n) is 4.39. The summed E-state index contributed by atoms with van der Waals surface area (Å²) in [5.41, 5.74) is 1.83. The molecule has 1 N–H and O–H groups in total. The lowest BCUT2D eigenvalue weighted by Crippen LogP contribution is -1.93. The molecule has 2 aromatic heterocycles. The van der Waals surface area contributed by atoms with Gasteiger partial charge in [0.1, 0.15) is 5.78 Å². The van der Waals surface area contributed by atoms with E-state index in [0.717, 1.165) is 16.5 Å². The molecule has 0 aliphatic rings. The molecule has 3 aromatic rings. The van der Waals surface area contributed by atoms with Gasteiger partial charge in [0.2, 0.25) is 0 Å². The summed E-state index contributed by atoms with van der Waals surface area (Å²) in [4.78, 5) is 18.4. The largest absolute Gasteiger partial charge is 0.316 e. The Balaban J connectivity index is 1.89. The summed E-state index contributed by atoms with van der Waals surface area (Å²) >= 11 is 1.35. The molecule has 0 amide bonds. The van der Waals surface area contributed by atoms with Gasteiger partial charge in [-0.1, -0.05) is 30.0 Å². The smallest absolute Gasteiger partial charge is 0.189 e. The Labute approximate surface area is 119 Å².